The lowest BCUT2D eigenvalue weighted by Crippen LogP contribution is -2.22. The zero-order chi connectivity index (χ0) is 16.3. The maximum Gasteiger partial charge on any atom is 0.274 e. The van der Waals surface area contributed by atoms with Crippen LogP contribution in [-0.2, 0) is 0 Å². The van der Waals surface area contributed by atoms with Gasteiger partial charge in [-0.2, -0.15) is 0 Å². The minimum Gasteiger partial charge on any atom is -0.358 e. The van der Waals surface area contributed by atoms with Crippen LogP contribution in [0.3, 0.4) is 0 Å². The molecule has 5 rings (SSSR count). The molecule has 0 atom stereocenters. The first-order valence-corrected chi connectivity index (χ1v) is 8.53. The number of nitrogens with zero attached hydrogens (tertiary/aromatic N) is 2. The van der Waals surface area contributed by atoms with Crippen molar-refractivity contribution in [2.45, 2.75) is 6.92 Å². The summed E-state index contributed by atoms with van der Waals surface area (Å²) in [5.41, 5.74) is 4.93. The van der Waals surface area contributed by atoms with E-state index in [1.165, 1.54) is 11.3 Å². The van der Waals surface area contributed by atoms with Gasteiger partial charge in [0.2, 0.25) is 0 Å². The second-order valence-electron chi connectivity index (χ2n) is 5.84. The third-order valence-electron chi connectivity index (χ3n) is 4.36. The zero-order valence-corrected chi connectivity index (χ0v) is 13.7. The molecule has 1 N–H and O–H groups in total. The Bertz CT molecular complexity index is 1340. The van der Waals surface area contributed by atoms with Crippen LogP contribution in [-0.4, -0.2) is 14.4 Å². The quantitative estimate of drug-likeness (QED) is 0.513. The standard InChI is InChI=1S/C19H13N3OS/c1-11-13(12-6-2-3-7-14(12)20-11)10-17-18(23)22-16-9-5-4-8-15(16)21-19(22)24-17/h2-10,20H,1H3/b17-10+. The number of aromatic nitrogens is 3. The highest BCUT2D eigenvalue weighted by Crippen LogP contribution is 2.22. The summed E-state index contributed by atoms with van der Waals surface area (Å²) in [5, 5.41) is 1.13. The molecule has 5 heteroatoms. The van der Waals surface area contributed by atoms with Gasteiger partial charge in [0.15, 0.2) is 4.96 Å². The molecule has 2 aromatic carbocycles. The summed E-state index contributed by atoms with van der Waals surface area (Å²) in [6.45, 7) is 2.03. The molecule has 0 saturated carbocycles. The number of fused-ring (bicyclic) bond motifs is 4. The maximum absolute atomic E-state index is 12.9. The smallest absolute Gasteiger partial charge is 0.274 e. The molecule has 0 aliphatic carbocycles. The normalized spacial score (nSPS) is 12.8. The lowest BCUT2D eigenvalue weighted by atomic mass is 10.1. The molecule has 116 valence electrons. The highest BCUT2D eigenvalue weighted by Gasteiger charge is 2.12. The van der Waals surface area contributed by atoms with Gasteiger partial charge in [-0.25, -0.2) is 9.38 Å². The molecule has 0 aliphatic heterocycles. The van der Waals surface area contributed by atoms with Crippen LogP contribution in [0.5, 0.6) is 0 Å². The predicted molar refractivity (Wildman–Crippen MR) is 98.7 cm³/mol. The molecular weight excluding hydrogens is 318 g/mol. The SMILES string of the molecule is Cc1[nH]c2ccccc2c1/C=c1/sc2nc3ccccc3n2c1=O. The highest BCUT2D eigenvalue weighted by atomic mass is 32.1. The van der Waals surface area contributed by atoms with E-state index in [9.17, 15) is 4.79 Å². The van der Waals surface area contributed by atoms with Crippen LogP contribution < -0.4 is 10.1 Å². The van der Waals surface area contributed by atoms with E-state index in [2.05, 4.69) is 16.0 Å². The summed E-state index contributed by atoms with van der Waals surface area (Å²) in [6, 6.07) is 15.9. The summed E-state index contributed by atoms with van der Waals surface area (Å²) in [7, 11) is 0. The minimum atomic E-state index is -0.00613. The van der Waals surface area contributed by atoms with Gasteiger partial charge in [0.1, 0.15) is 0 Å². The Morgan fingerprint density at radius 3 is 2.83 bits per heavy atom. The Labute approximate surface area is 140 Å². The Balaban J connectivity index is 1.85. The van der Waals surface area contributed by atoms with Crippen LogP contribution in [0.15, 0.2) is 53.3 Å². The molecule has 0 bridgehead atoms. The molecule has 0 amide bonds. The first kappa shape index (κ1) is 13.5. The molecule has 5 aromatic rings. The molecule has 4 nitrogen and oxygen atoms in total. The van der Waals surface area contributed by atoms with Gasteiger partial charge in [-0.15, -0.1) is 0 Å². The Hall–Kier alpha value is -2.92. The second-order valence-corrected chi connectivity index (χ2v) is 6.85. The molecule has 3 heterocycles. The molecule has 0 fully saturated rings. The number of rotatable bonds is 1. The van der Waals surface area contributed by atoms with Crippen molar-refractivity contribution in [3.8, 4) is 0 Å². The third-order valence-corrected chi connectivity index (χ3v) is 5.33. The van der Waals surface area contributed by atoms with Crippen molar-refractivity contribution in [1.29, 1.82) is 0 Å². The number of imidazole rings is 1. The second kappa shape index (κ2) is 4.79. The molecule has 0 spiro atoms. The van der Waals surface area contributed by atoms with Gasteiger partial charge in [-0.05, 0) is 31.2 Å². The Morgan fingerprint density at radius 2 is 1.92 bits per heavy atom. The number of aryl methyl sites for hydroxylation is 1. The Morgan fingerprint density at radius 1 is 1.12 bits per heavy atom. The van der Waals surface area contributed by atoms with Crippen molar-refractivity contribution in [2.24, 2.45) is 0 Å². The van der Waals surface area contributed by atoms with Crippen LogP contribution in [0, 0.1) is 6.92 Å². The van der Waals surface area contributed by atoms with Crippen LogP contribution in [0.25, 0.3) is 33.0 Å². The summed E-state index contributed by atoms with van der Waals surface area (Å²) >= 11 is 1.44. The van der Waals surface area contributed by atoms with Gasteiger partial charge < -0.3 is 4.98 Å². The van der Waals surface area contributed by atoms with E-state index >= 15 is 0 Å². The number of thiazole rings is 1. The van der Waals surface area contributed by atoms with E-state index in [-0.39, 0.29) is 5.56 Å². The first-order chi connectivity index (χ1) is 11.7. The van der Waals surface area contributed by atoms with Crippen molar-refractivity contribution >= 4 is 44.3 Å². The number of aromatic amines is 1. The van der Waals surface area contributed by atoms with Crippen molar-refractivity contribution < 1.29 is 0 Å². The van der Waals surface area contributed by atoms with Crippen LogP contribution in [0.1, 0.15) is 11.3 Å². The molecular formula is C19H13N3OS. The number of hydrogen-bond acceptors (Lipinski definition) is 3. The molecule has 0 aliphatic rings. The lowest BCUT2D eigenvalue weighted by Gasteiger charge is -1.91. The number of hydrogen-bond donors (Lipinski definition) is 1. The number of H-pyrrole nitrogens is 1. The maximum atomic E-state index is 12.9. The first-order valence-electron chi connectivity index (χ1n) is 7.71. The molecule has 0 radical (unpaired) electrons. The number of para-hydroxylation sites is 3. The highest BCUT2D eigenvalue weighted by molar-refractivity contribution is 7.15. The monoisotopic (exact) mass is 331 g/mol. The van der Waals surface area contributed by atoms with E-state index < -0.39 is 0 Å². The molecule has 0 unspecified atom stereocenters. The minimum absolute atomic E-state index is 0.00613. The van der Waals surface area contributed by atoms with Crippen LogP contribution in [0.4, 0.5) is 0 Å². The zero-order valence-electron chi connectivity index (χ0n) is 12.9. The fourth-order valence-electron chi connectivity index (χ4n) is 3.23. The summed E-state index contributed by atoms with van der Waals surface area (Å²) in [4.78, 5) is 21.5. The van der Waals surface area contributed by atoms with Gasteiger partial charge in [-0.3, -0.25) is 4.79 Å². The van der Waals surface area contributed by atoms with E-state index in [1.807, 2.05) is 55.5 Å². The summed E-state index contributed by atoms with van der Waals surface area (Å²) < 4.78 is 2.41. The molecule has 24 heavy (non-hydrogen) atoms. The van der Waals surface area contributed by atoms with Gasteiger partial charge in [0.05, 0.1) is 15.6 Å². The van der Waals surface area contributed by atoms with Gasteiger partial charge in [0.25, 0.3) is 5.56 Å². The summed E-state index contributed by atoms with van der Waals surface area (Å²) in [5.74, 6) is 0. The van der Waals surface area contributed by atoms with Crippen molar-refractivity contribution in [2.75, 3.05) is 0 Å². The van der Waals surface area contributed by atoms with Crippen molar-refractivity contribution in [3.05, 3.63) is 74.7 Å². The van der Waals surface area contributed by atoms with Crippen molar-refractivity contribution in [1.82, 2.24) is 14.4 Å². The van der Waals surface area contributed by atoms with Crippen LogP contribution in [0.2, 0.25) is 0 Å². The lowest BCUT2D eigenvalue weighted by molar-refractivity contribution is 1.19. The largest absolute Gasteiger partial charge is 0.358 e. The van der Waals surface area contributed by atoms with Gasteiger partial charge in [0, 0.05) is 22.2 Å². The van der Waals surface area contributed by atoms with E-state index in [0.29, 0.717) is 4.53 Å². The fraction of sp³-hybridized carbons (Fsp3) is 0.0526. The third kappa shape index (κ3) is 1.79. The molecule has 0 saturated heterocycles. The average molecular weight is 331 g/mol. The van der Waals surface area contributed by atoms with E-state index in [0.717, 1.165) is 38.2 Å². The van der Waals surface area contributed by atoms with Gasteiger partial charge in [-0.1, -0.05) is 41.7 Å². The van der Waals surface area contributed by atoms with E-state index in [4.69, 9.17) is 0 Å². The topological polar surface area (TPSA) is 50.2 Å². The average Bonchev–Trinajstić information content (AvgIpc) is 3.20. The fourth-order valence-corrected chi connectivity index (χ4v) is 4.20. The number of nitrogens with one attached hydrogen (secondary N) is 1. The number of benzene rings is 2. The Kier molecular flexibility index (Phi) is 2.69. The summed E-state index contributed by atoms with van der Waals surface area (Å²) in [6.07, 6.45) is 1.98. The van der Waals surface area contributed by atoms with E-state index in [1.54, 1.807) is 4.40 Å². The van der Waals surface area contributed by atoms with Crippen LogP contribution >= 0.6 is 11.3 Å². The van der Waals surface area contributed by atoms with Crippen molar-refractivity contribution in [3.63, 3.8) is 0 Å². The predicted octanol–water partition coefficient (Wildman–Crippen LogP) is 3.25. The molecule has 3 aromatic heterocycles. The van der Waals surface area contributed by atoms with Gasteiger partial charge >= 0.3 is 0 Å².